The Morgan fingerprint density at radius 1 is 0.352 bits per heavy atom. The molecule has 0 N–H and O–H groups in total. The van der Waals surface area contributed by atoms with Crippen LogP contribution in [0.3, 0.4) is 0 Å². The molecule has 0 spiro atoms. The summed E-state index contributed by atoms with van der Waals surface area (Å²) in [5, 5.41) is 0. The van der Waals surface area contributed by atoms with E-state index in [9.17, 15) is 0 Å². The van der Waals surface area contributed by atoms with E-state index in [1.807, 2.05) is 0 Å². The van der Waals surface area contributed by atoms with Crippen LogP contribution in [0.2, 0.25) is 0 Å². The van der Waals surface area contributed by atoms with Crippen molar-refractivity contribution in [3.63, 3.8) is 0 Å². The lowest BCUT2D eigenvalue weighted by atomic mass is 9.33. The van der Waals surface area contributed by atoms with Gasteiger partial charge in [0.05, 0.1) is 0 Å². The van der Waals surface area contributed by atoms with E-state index in [1.165, 1.54) is 89.0 Å². The fourth-order valence-corrected chi connectivity index (χ4v) is 10.9. The lowest BCUT2D eigenvalue weighted by molar-refractivity contribution is 0.174. The number of nitrogens with zero attached hydrogens (tertiary/aromatic N) is 2. The van der Waals surface area contributed by atoms with E-state index in [1.54, 1.807) is 0 Å². The van der Waals surface area contributed by atoms with Crippen LogP contribution in [0.5, 0.6) is 11.5 Å². The number of rotatable bonds is 5. The Morgan fingerprint density at radius 3 is 1.21 bits per heavy atom. The molecular weight excluding hydrogens is 864 g/mol. The standard InChI is InChI=1S/C66H67BN2O2/c1-41-32-58-62-59(33-41)69(53-35-46(43-16-23-49(24-17-43)64(5,6)7)34-47(36-53)44-18-25-50(26-19-44)65(8,9)10)56-37-45(42-14-21-48(22-15-42)63(2,3)4)20-31-54(56)67(62)55-38-60-61(71-40-70-60)39-57(55)68(58)52-29-27-51(28-30-52)66(11,12)13/h14-39H,40H2,1-13H3. The third-order valence-electron chi connectivity index (χ3n) is 15.1. The van der Waals surface area contributed by atoms with Crippen molar-refractivity contribution in [3.05, 3.63) is 186 Å². The van der Waals surface area contributed by atoms with Crippen LogP contribution in [-0.4, -0.2) is 13.5 Å². The molecule has 0 radical (unpaired) electrons. The van der Waals surface area contributed by atoms with Gasteiger partial charge < -0.3 is 19.3 Å². The van der Waals surface area contributed by atoms with E-state index in [0.29, 0.717) is 0 Å². The molecule has 0 aromatic heterocycles. The zero-order valence-corrected chi connectivity index (χ0v) is 44.0. The summed E-state index contributed by atoms with van der Waals surface area (Å²) in [6.07, 6.45) is 0. The Balaban J connectivity index is 1.19. The first-order valence-electron chi connectivity index (χ1n) is 25.5. The van der Waals surface area contributed by atoms with Crippen molar-refractivity contribution < 1.29 is 9.47 Å². The number of fused-ring (bicyclic) bond motifs is 5. The van der Waals surface area contributed by atoms with Gasteiger partial charge in [-0.25, -0.2) is 0 Å². The fraction of sp³-hybridized carbons (Fsp3) is 0.273. The van der Waals surface area contributed by atoms with Crippen molar-refractivity contribution in [2.75, 3.05) is 16.6 Å². The highest BCUT2D eigenvalue weighted by Gasteiger charge is 2.45. The van der Waals surface area contributed by atoms with Crippen molar-refractivity contribution in [1.29, 1.82) is 0 Å². The molecule has 0 bridgehead atoms. The summed E-state index contributed by atoms with van der Waals surface area (Å²) < 4.78 is 12.4. The molecule has 8 aromatic rings. The molecule has 3 aliphatic rings. The van der Waals surface area contributed by atoms with Gasteiger partial charge in [0.15, 0.2) is 11.5 Å². The minimum absolute atomic E-state index is 0.0201. The van der Waals surface area contributed by atoms with Gasteiger partial charge in [-0.15, -0.1) is 0 Å². The molecule has 5 heteroatoms. The molecule has 71 heavy (non-hydrogen) atoms. The van der Waals surface area contributed by atoms with Crippen molar-refractivity contribution in [2.45, 2.75) is 112 Å². The van der Waals surface area contributed by atoms with Gasteiger partial charge in [-0.05, 0) is 161 Å². The van der Waals surface area contributed by atoms with Gasteiger partial charge in [-0.3, -0.25) is 0 Å². The molecular formula is C66H67BN2O2. The van der Waals surface area contributed by atoms with E-state index in [-0.39, 0.29) is 35.2 Å². The highest BCUT2D eigenvalue weighted by molar-refractivity contribution is 7.00. The predicted molar refractivity (Wildman–Crippen MR) is 302 cm³/mol. The van der Waals surface area contributed by atoms with Crippen LogP contribution >= 0.6 is 0 Å². The van der Waals surface area contributed by atoms with Crippen LogP contribution in [-0.2, 0) is 21.7 Å². The summed E-state index contributed by atoms with van der Waals surface area (Å²) in [5.74, 6) is 1.56. The third-order valence-corrected chi connectivity index (χ3v) is 15.1. The van der Waals surface area contributed by atoms with Crippen LogP contribution in [0, 0.1) is 6.92 Å². The molecule has 8 aromatic carbocycles. The summed E-state index contributed by atoms with van der Waals surface area (Å²) in [6, 6.07) is 60.5. The Kier molecular flexibility index (Phi) is 10.8. The first-order chi connectivity index (χ1) is 33.6. The smallest absolute Gasteiger partial charge is 0.252 e. The number of hydrogen-bond acceptors (Lipinski definition) is 4. The van der Waals surface area contributed by atoms with Gasteiger partial charge in [0.1, 0.15) is 0 Å². The van der Waals surface area contributed by atoms with Crippen LogP contribution in [0.15, 0.2) is 158 Å². The van der Waals surface area contributed by atoms with E-state index >= 15 is 0 Å². The minimum Gasteiger partial charge on any atom is -0.454 e. The second kappa shape index (κ2) is 16.6. The minimum atomic E-state index is -0.0868. The van der Waals surface area contributed by atoms with E-state index in [0.717, 1.165) is 34.2 Å². The molecule has 3 heterocycles. The predicted octanol–water partition coefficient (Wildman–Crippen LogP) is 16.0. The van der Waals surface area contributed by atoms with Gasteiger partial charge in [0.25, 0.3) is 6.71 Å². The summed E-state index contributed by atoms with van der Waals surface area (Å²) in [4.78, 5) is 5.04. The maximum atomic E-state index is 6.21. The number of benzene rings is 8. The Hall–Kier alpha value is -6.98. The van der Waals surface area contributed by atoms with Crippen molar-refractivity contribution in [2.24, 2.45) is 0 Å². The first kappa shape index (κ1) is 46.4. The highest BCUT2D eigenvalue weighted by atomic mass is 16.7. The number of ether oxygens (including phenoxy) is 2. The maximum absolute atomic E-state index is 6.21. The average molecular weight is 931 g/mol. The third kappa shape index (κ3) is 8.31. The lowest BCUT2D eigenvalue weighted by Gasteiger charge is -2.44. The lowest BCUT2D eigenvalue weighted by Crippen LogP contribution is -2.61. The monoisotopic (exact) mass is 931 g/mol. The second-order valence-electron chi connectivity index (χ2n) is 24.4. The topological polar surface area (TPSA) is 24.9 Å². The van der Waals surface area contributed by atoms with E-state index < -0.39 is 0 Å². The van der Waals surface area contributed by atoms with Crippen LogP contribution < -0.4 is 35.7 Å². The van der Waals surface area contributed by atoms with Gasteiger partial charge in [0.2, 0.25) is 6.79 Å². The molecule has 356 valence electrons. The average Bonchev–Trinajstić information content (AvgIpc) is 3.79. The van der Waals surface area contributed by atoms with Gasteiger partial charge in [-0.2, -0.15) is 0 Å². The number of hydrogen-bond donors (Lipinski definition) is 0. The molecule has 11 rings (SSSR count). The number of anilines is 6. The molecule has 0 amide bonds. The molecule has 0 atom stereocenters. The molecule has 3 aliphatic heterocycles. The van der Waals surface area contributed by atoms with Crippen LogP contribution in [0.25, 0.3) is 33.4 Å². The summed E-state index contributed by atoms with van der Waals surface area (Å²) in [7, 11) is 0. The Morgan fingerprint density at radius 2 is 0.746 bits per heavy atom. The van der Waals surface area contributed by atoms with Crippen LogP contribution in [0.4, 0.5) is 34.1 Å². The molecule has 0 aliphatic carbocycles. The summed E-state index contributed by atoms with van der Waals surface area (Å²) in [5.41, 5.74) is 24.3. The van der Waals surface area contributed by atoms with Crippen molar-refractivity contribution in [3.8, 4) is 44.9 Å². The van der Waals surface area contributed by atoms with Gasteiger partial charge >= 0.3 is 0 Å². The number of aryl methyl sites for hydroxylation is 1. The first-order valence-corrected chi connectivity index (χ1v) is 25.5. The van der Waals surface area contributed by atoms with Crippen molar-refractivity contribution in [1.82, 2.24) is 0 Å². The zero-order chi connectivity index (χ0) is 49.9. The van der Waals surface area contributed by atoms with E-state index in [4.69, 9.17) is 9.47 Å². The largest absolute Gasteiger partial charge is 0.454 e. The Bertz CT molecular complexity index is 3280. The highest BCUT2D eigenvalue weighted by Crippen LogP contribution is 2.49. The second-order valence-corrected chi connectivity index (χ2v) is 24.4. The van der Waals surface area contributed by atoms with Crippen LogP contribution in [0.1, 0.15) is 111 Å². The normalized spacial score (nSPS) is 14.1. The molecule has 4 nitrogen and oxygen atoms in total. The summed E-state index contributed by atoms with van der Waals surface area (Å²) >= 11 is 0. The SMILES string of the molecule is Cc1cc2c3c(c1)N(c1ccc(C(C)(C)C)cc1)c1cc4c(cc1B3c1ccc(-c3ccc(C(C)(C)C)cc3)cc1N2c1cc(-c2ccc(C(C)(C)C)cc2)cc(-c2ccc(C(C)(C)C)cc2)c1)OCO4. The van der Waals surface area contributed by atoms with Crippen molar-refractivity contribution >= 4 is 57.2 Å². The molecule has 0 saturated heterocycles. The zero-order valence-electron chi connectivity index (χ0n) is 44.0. The molecule has 0 fully saturated rings. The maximum Gasteiger partial charge on any atom is 0.252 e. The fourth-order valence-electron chi connectivity index (χ4n) is 10.9. The Labute approximate surface area is 423 Å². The molecule has 0 saturated carbocycles. The summed E-state index contributed by atoms with van der Waals surface area (Å²) in [6.45, 7) is 29.8. The molecule has 0 unspecified atom stereocenters. The van der Waals surface area contributed by atoms with Gasteiger partial charge in [-0.1, -0.05) is 180 Å². The quantitative estimate of drug-likeness (QED) is 0.161. The van der Waals surface area contributed by atoms with E-state index in [2.05, 4.69) is 258 Å². The van der Waals surface area contributed by atoms with Gasteiger partial charge in [0, 0.05) is 40.2 Å².